The second kappa shape index (κ2) is 9.14. The van der Waals surface area contributed by atoms with E-state index in [1.165, 1.54) is 18.2 Å². The third kappa shape index (κ3) is 4.77. The van der Waals surface area contributed by atoms with E-state index < -0.39 is 11.1 Å². The first-order chi connectivity index (χ1) is 14.9. The van der Waals surface area contributed by atoms with Gasteiger partial charge in [0.2, 0.25) is 0 Å². The second-order valence-electron chi connectivity index (χ2n) is 6.57. The largest absolute Gasteiger partial charge is 0.489 e. The average molecular weight is 474 g/mol. The number of benzene rings is 3. The van der Waals surface area contributed by atoms with Crippen LogP contribution >= 0.6 is 35.0 Å². The summed E-state index contributed by atoms with van der Waals surface area (Å²) in [6.07, 6.45) is 1.61. The monoisotopic (exact) mass is 473 g/mol. The van der Waals surface area contributed by atoms with Crippen molar-refractivity contribution in [2.75, 3.05) is 4.90 Å². The minimum Gasteiger partial charge on any atom is -0.489 e. The van der Waals surface area contributed by atoms with Gasteiger partial charge in [-0.2, -0.15) is 0 Å². The van der Waals surface area contributed by atoms with E-state index in [2.05, 4.69) is 0 Å². The van der Waals surface area contributed by atoms with Crippen molar-refractivity contribution in [3.05, 3.63) is 98.6 Å². The summed E-state index contributed by atoms with van der Waals surface area (Å²) in [6.45, 7) is 0.0734. The molecular formula is C23H14Cl2FNO3S. The minimum absolute atomic E-state index is 0.0734. The van der Waals surface area contributed by atoms with Crippen LogP contribution in [0, 0.1) is 5.82 Å². The Morgan fingerprint density at radius 2 is 1.77 bits per heavy atom. The fourth-order valence-electron chi connectivity index (χ4n) is 2.94. The first-order valence-electron chi connectivity index (χ1n) is 9.11. The van der Waals surface area contributed by atoms with E-state index in [-0.39, 0.29) is 22.4 Å². The van der Waals surface area contributed by atoms with E-state index in [1.54, 1.807) is 54.6 Å². The number of thioether (sulfide) groups is 1. The van der Waals surface area contributed by atoms with Crippen LogP contribution in [-0.2, 0) is 11.4 Å². The quantitative estimate of drug-likeness (QED) is 0.376. The number of rotatable bonds is 5. The molecule has 2 amide bonds. The molecule has 4 rings (SSSR count). The molecule has 0 spiro atoms. The van der Waals surface area contributed by atoms with E-state index in [4.69, 9.17) is 27.9 Å². The van der Waals surface area contributed by atoms with Gasteiger partial charge in [0.1, 0.15) is 18.2 Å². The summed E-state index contributed by atoms with van der Waals surface area (Å²) in [5.74, 6) is -0.276. The minimum atomic E-state index is -0.453. The van der Waals surface area contributed by atoms with E-state index >= 15 is 0 Å². The van der Waals surface area contributed by atoms with E-state index in [0.29, 0.717) is 27.6 Å². The number of amides is 2. The zero-order valence-electron chi connectivity index (χ0n) is 15.8. The van der Waals surface area contributed by atoms with Gasteiger partial charge in [-0.05, 0) is 59.8 Å². The molecule has 156 valence electrons. The van der Waals surface area contributed by atoms with Gasteiger partial charge in [-0.25, -0.2) is 9.29 Å². The Kier molecular flexibility index (Phi) is 6.32. The first kappa shape index (κ1) is 21.4. The van der Waals surface area contributed by atoms with Crippen LogP contribution in [0.5, 0.6) is 5.75 Å². The maximum Gasteiger partial charge on any atom is 0.298 e. The van der Waals surface area contributed by atoms with E-state index in [1.807, 2.05) is 0 Å². The first-order valence-corrected chi connectivity index (χ1v) is 10.7. The van der Waals surface area contributed by atoms with Crippen molar-refractivity contribution in [1.82, 2.24) is 0 Å². The Bertz CT molecular complexity index is 1210. The van der Waals surface area contributed by atoms with Gasteiger partial charge in [0.25, 0.3) is 11.1 Å². The fraction of sp³-hybridized carbons (Fsp3) is 0.0435. The van der Waals surface area contributed by atoms with Gasteiger partial charge in [0.15, 0.2) is 0 Å². The van der Waals surface area contributed by atoms with Gasteiger partial charge in [-0.3, -0.25) is 9.59 Å². The zero-order valence-corrected chi connectivity index (χ0v) is 18.2. The van der Waals surface area contributed by atoms with Gasteiger partial charge in [-0.15, -0.1) is 0 Å². The van der Waals surface area contributed by atoms with Crippen LogP contribution < -0.4 is 9.64 Å². The number of carbonyl (C=O) groups excluding carboxylic acids is 2. The van der Waals surface area contributed by atoms with Crippen LogP contribution in [-0.4, -0.2) is 11.1 Å². The van der Waals surface area contributed by atoms with Crippen LogP contribution in [0.2, 0.25) is 10.0 Å². The van der Waals surface area contributed by atoms with E-state index in [9.17, 15) is 14.0 Å². The summed E-state index contributed by atoms with van der Waals surface area (Å²) in [5, 5.41) is 0.156. The molecule has 0 atom stereocenters. The molecule has 3 aromatic carbocycles. The van der Waals surface area contributed by atoms with Crippen molar-refractivity contribution in [2.24, 2.45) is 0 Å². The molecule has 1 aliphatic heterocycles. The summed E-state index contributed by atoms with van der Waals surface area (Å²) in [4.78, 5) is 26.6. The zero-order chi connectivity index (χ0) is 22.0. The molecule has 0 radical (unpaired) electrons. The molecule has 0 unspecified atom stereocenters. The Morgan fingerprint density at radius 3 is 2.55 bits per heavy atom. The van der Waals surface area contributed by atoms with Gasteiger partial charge in [0.05, 0.1) is 20.6 Å². The summed E-state index contributed by atoms with van der Waals surface area (Å²) in [5.41, 5.74) is 1.46. The number of nitrogens with zero attached hydrogens (tertiary/aromatic N) is 1. The third-order valence-corrected chi connectivity index (χ3v) is 6.07. The lowest BCUT2D eigenvalue weighted by atomic mass is 10.2. The molecule has 0 bridgehead atoms. The molecule has 4 nitrogen and oxygen atoms in total. The van der Waals surface area contributed by atoms with E-state index in [0.717, 1.165) is 16.7 Å². The average Bonchev–Trinajstić information content (AvgIpc) is 3.03. The third-order valence-electron chi connectivity index (χ3n) is 4.46. The maximum absolute atomic E-state index is 13.8. The highest BCUT2D eigenvalue weighted by molar-refractivity contribution is 8.19. The molecule has 0 saturated carbocycles. The molecule has 3 aromatic rings. The Hall–Kier alpha value is -2.80. The van der Waals surface area contributed by atoms with Crippen molar-refractivity contribution in [2.45, 2.75) is 6.61 Å². The molecule has 0 aliphatic carbocycles. The summed E-state index contributed by atoms with van der Waals surface area (Å²) in [7, 11) is 0. The topological polar surface area (TPSA) is 46.6 Å². The second-order valence-corrected chi connectivity index (χ2v) is 8.38. The van der Waals surface area contributed by atoms with Gasteiger partial charge < -0.3 is 4.74 Å². The van der Waals surface area contributed by atoms with Gasteiger partial charge in [-0.1, -0.05) is 53.5 Å². The van der Waals surface area contributed by atoms with Gasteiger partial charge >= 0.3 is 0 Å². The number of hydrogen-bond donors (Lipinski definition) is 0. The lowest BCUT2D eigenvalue weighted by Crippen LogP contribution is -2.27. The maximum atomic E-state index is 13.8. The number of hydrogen-bond acceptors (Lipinski definition) is 4. The smallest absolute Gasteiger partial charge is 0.298 e. The van der Waals surface area contributed by atoms with Crippen LogP contribution in [0.15, 0.2) is 71.6 Å². The number of ether oxygens (including phenoxy) is 1. The SMILES string of the molecule is O=C1S/C(=C/c2cccc(OCc3ccccc3F)c2)C(=O)N1c1ccc(Cl)c(Cl)c1. The van der Waals surface area contributed by atoms with Crippen molar-refractivity contribution < 1.29 is 18.7 Å². The lowest BCUT2D eigenvalue weighted by Gasteiger charge is -2.13. The van der Waals surface area contributed by atoms with Crippen LogP contribution in [0.25, 0.3) is 6.08 Å². The molecule has 8 heteroatoms. The normalized spacial score (nSPS) is 15.1. The molecule has 31 heavy (non-hydrogen) atoms. The summed E-state index contributed by atoms with van der Waals surface area (Å²) >= 11 is 12.8. The molecule has 1 heterocycles. The summed E-state index contributed by atoms with van der Waals surface area (Å²) < 4.78 is 19.4. The van der Waals surface area contributed by atoms with Crippen molar-refractivity contribution >= 4 is 57.9 Å². The van der Waals surface area contributed by atoms with Crippen molar-refractivity contribution in [3.63, 3.8) is 0 Å². The molecular weight excluding hydrogens is 460 g/mol. The molecule has 1 aliphatic rings. The Balaban J connectivity index is 1.53. The number of imide groups is 1. The number of halogens is 3. The highest BCUT2D eigenvalue weighted by Gasteiger charge is 2.36. The predicted octanol–water partition coefficient (Wildman–Crippen LogP) is 6.95. The molecule has 0 N–H and O–H groups in total. The fourth-order valence-corrected chi connectivity index (χ4v) is 4.07. The summed E-state index contributed by atoms with van der Waals surface area (Å²) in [6, 6.07) is 17.9. The van der Waals surface area contributed by atoms with Crippen LogP contribution in [0.3, 0.4) is 0 Å². The van der Waals surface area contributed by atoms with Gasteiger partial charge in [0, 0.05) is 5.56 Å². The molecule has 0 aromatic heterocycles. The van der Waals surface area contributed by atoms with Crippen LogP contribution in [0.1, 0.15) is 11.1 Å². The lowest BCUT2D eigenvalue weighted by molar-refractivity contribution is -0.113. The molecule has 1 fully saturated rings. The number of carbonyl (C=O) groups is 2. The highest BCUT2D eigenvalue weighted by Crippen LogP contribution is 2.37. The van der Waals surface area contributed by atoms with Crippen molar-refractivity contribution in [1.29, 1.82) is 0 Å². The Morgan fingerprint density at radius 1 is 0.968 bits per heavy atom. The molecule has 1 saturated heterocycles. The van der Waals surface area contributed by atoms with Crippen LogP contribution in [0.4, 0.5) is 14.9 Å². The predicted molar refractivity (Wildman–Crippen MR) is 122 cm³/mol. The number of anilines is 1. The highest BCUT2D eigenvalue weighted by atomic mass is 35.5. The van der Waals surface area contributed by atoms with Crippen molar-refractivity contribution in [3.8, 4) is 5.75 Å². The Labute approximate surface area is 192 Å². The standard InChI is InChI=1S/C23H14Cl2FNO3S/c24-18-9-8-16(12-19(18)25)27-22(28)21(31-23(27)29)11-14-4-3-6-17(10-14)30-13-15-5-1-2-7-20(15)26/h1-12H,13H2/b21-11+.